The van der Waals surface area contributed by atoms with E-state index >= 15 is 0 Å². The van der Waals surface area contributed by atoms with Crippen LogP contribution in [-0.4, -0.2) is 22.6 Å². The van der Waals surface area contributed by atoms with E-state index in [-0.39, 0.29) is 5.69 Å². The van der Waals surface area contributed by atoms with Crippen molar-refractivity contribution < 1.29 is 9.18 Å². The zero-order valence-corrected chi connectivity index (χ0v) is 10.7. The van der Waals surface area contributed by atoms with Gasteiger partial charge in [-0.1, -0.05) is 6.07 Å². The van der Waals surface area contributed by atoms with Gasteiger partial charge >= 0.3 is 0 Å². The van der Waals surface area contributed by atoms with E-state index in [4.69, 9.17) is 0 Å². The van der Waals surface area contributed by atoms with Gasteiger partial charge in [0.15, 0.2) is 5.69 Å². The van der Waals surface area contributed by atoms with Crippen LogP contribution in [0.25, 0.3) is 5.69 Å². The number of ketones is 1. The second kappa shape index (κ2) is 5.92. The first kappa shape index (κ1) is 13.7. The molecule has 0 spiro atoms. The number of hydrogen-bond donors (Lipinski definition) is 1. The highest BCUT2D eigenvalue weighted by atomic mass is 19.1. The second-order valence-corrected chi connectivity index (χ2v) is 3.94. The molecule has 0 saturated heterocycles. The van der Waals surface area contributed by atoms with Crippen LogP contribution in [0.4, 0.5) is 4.39 Å². The number of carbonyl (C=O) groups is 1. The Kier molecular flexibility index (Phi) is 4.05. The molecule has 1 N–H and O–H groups in total. The van der Waals surface area contributed by atoms with Gasteiger partial charge in [0.25, 0.3) is 0 Å². The van der Waals surface area contributed by atoms with Gasteiger partial charge < -0.3 is 5.32 Å². The second-order valence-electron chi connectivity index (χ2n) is 3.94. The lowest BCUT2D eigenvalue weighted by molar-refractivity contribution is 0.103. The summed E-state index contributed by atoms with van der Waals surface area (Å²) in [6.45, 7) is 0. The van der Waals surface area contributed by atoms with Crippen LogP contribution in [0.1, 0.15) is 10.5 Å². The maximum atomic E-state index is 13.2. The molecule has 0 amide bonds. The fraction of sp³-hybridized carbons (Fsp3) is 0.0714. The van der Waals surface area contributed by atoms with Crippen LogP contribution in [0.2, 0.25) is 0 Å². The molecule has 1 aromatic heterocycles. The Morgan fingerprint density at radius 1 is 1.40 bits per heavy atom. The van der Waals surface area contributed by atoms with Gasteiger partial charge in [0, 0.05) is 31.6 Å². The van der Waals surface area contributed by atoms with E-state index < -0.39 is 17.0 Å². The molecule has 0 fully saturated rings. The molecule has 0 bridgehead atoms. The van der Waals surface area contributed by atoms with Crippen molar-refractivity contribution in [1.82, 2.24) is 15.1 Å². The number of aromatic nitrogens is 2. The Balaban J connectivity index is 2.46. The maximum absolute atomic E-state index is 13.2. The van der Waals surface area contributed by atoms with E-state index in [2.05, 4.69) is 10.4 Å². The van der Waals surface area contributed by atoms with Crippen LogP contribution in [0.3, 0.4) is 0 Å². The average molecular weight is 273 g/mol. The lowest BCUT2D eigenvalue weighted by Crippen LogP contribution is -2.19. The van der Waals surface area contributed by atoms with Gasteiger partial charge in [-0.15, -0.1) is 0 Å². The van der Waals surface area contributed by atoms with Crippen LogP contribution in [0, 0.1) is 5.82 Å². The molecule has 0 aliphatic carbocycles. The summed E-state index contributed by atoms with van der Waals surface area (Å²) >= 11 is 0. The van der Waals surface area contributed by atoms with Crippen molar-refractivity contribution in [2.75, 3.05) is 7.05 Å². The zero-order valence-electron chi connectivity index (χ0n) is 10.7. The van der Waals surface area contributed by atoms with E-state index in [1.807, 2.05) is 0 Å². The molecule has 0 unspecified atom stereocenters. The largest absolute Gasteiger partial charge is 0.394 e. The molecule has 2 aromatic rings. The minimum atomic E-state index is -0.518. The molecular formula is C14H12FN3O2. The van der Waals surface area contributed by atoms with Crippen LogP contribution in [-0.2, 0) is 0 Å². The smallest absolute Gasteiger partial charge is 0.211 e. The number of benzene rings is 1. The van der Waals surface area contributed by atoms with E-state index in [0.717, 1.165) is 0 Å². The first-order valence-electron chi connectivity index (χ1n) is 5.86. The number of carbonyl (C=O) groups excluding carboxylic acids is 1. The number of halogens is 1. The van der Waals surface area contributed by atoms with Crippen molar-refractivity contribution in [3.8, 4) is 5.69 Å². The van der Waals surface area contributed by atoms with Crippen molar-refractivity contribution in [1.29, 1.82) is 0 Å². The number of nitrogens with one attached hydrogen (secondary N) is 1. The SMILES string of the molecule is CNC=CC(=O)c1nn(-c2cccc(F)c2)ccc1=O. The number of nitrogens with zero attached hydrogens (tertiary/aromatic N) is 2. The third-order valence-electron chi connectivity index (χ3n) is 2.52. The highest BCUT2D eigenvalue weighted by Gasteiger charge is 2.10. The lowest BCUT2D eigenvalue weighted by atomic mass is 10.2. The Morgan fingerprint density at radius 3 is 2.90 bits per heavy atom. The molecular weight excluding hydrogens is 261 g/mol. The standard InChI is InChI=1S/C14H12FN3O2/c1-16-7-5-12(19)14-13(20)6-8-18(17-14)11-4-2-3-10(15)9-11/h2-9,16H,1H3. The van der Waals surface area contributed by atoms with Crippen molar-refractivity contribution in [2.24, 2.45) is 0 Å². The van der Waals surface area contributed by atoms with E-state index in [1.165, 1.54) is 47.4 Å². The monoisotopic (exact) mass is 273 g/mol. The highest BCUT2D eigenvalue weighted by molar-refractivity contribution is 6.02. The molecule has 0 aliphatic rings. The molecule has 6 heteroatoms. The molecule has 2 rings (SSSR count). The predicted molar refractivity (Wildman–Crippen MR) is 72.3 cm³/mol. The number of allylic oxidation sites excluding steroid dienone is 1. The van der Waals surface area contributed by atoms with Gasteiger partial charge in [0.1, 0.15) is 5.82 Å². The molecule has 0 atom stereocenters. The van der Waals surface area contributed by atoms with Gasteiger partial charge in [-0.05, 0) is 18.2 Å². The summed E-state index contributed by atoms with van der Waals surface area (Å²) in [6.07, 6.45) is 4.00. The maximum Gasteiger partial charge on any atom is 0.211 e. The van der Waals surface area contributed by atoms with Gasteiger partial charge in [-0.25, -0.2) is 9.07 Å². The Hall–Kier alpha value is -2.76. The van der Waals surface area contributed by atoms with Crippen LogP contribution in [0.5, 0.6) is 0 Å². The van der Waals surface area contributed by atoms with Crippen molar-refractivity contribution in [3.05, 3.63) is 70.5 Å². The van der Waals surface area contributed by atoms with E-state index in [9.17, 15) is 14.0 Å². The Bertz CT molecular complexity index is 722. The minimum Gasteiger partial charge on any atom is -0.394 e. The lowest BCUT2D eigenvalue weighted by Gasteiger charge is -2.06. The van der Waals surface area contributed by atoms with Crippen LogP contribution >= 0.6 is 0 Å². The van der Waals surface area contributed by atoms with Gasteiger partial charge in [-0.2, -0.15) is 5.10 Å². The third kappa shape index (κ3) is 2.97. The van der Waals surface area contributed by atoms with Crippen molar-refractivity contribution in [2.45, 2.75) is 0 Å². The summed E-state index contributed by atoms with van der Waals surface area (Å²) < 4.78 is 14.5. The molecule has 0 aliphatic heterocycles. The summed E-state index contributed by atoms with van der Waals surface area (Å²) in [5.41, 5.74) is -0.275. The van der Waals surface area contributed by atoms with E-state index in [1.54, 1.807) is 13.1 Å². The quantitative estimate of drug-likeness (QED) is 0.673. The van der Waals surface area contributed by atoms with Gasteiger partial charge in [-0.3, -0.25) is 9.59 Å². The molecule has 0 radical (unpaired) electrons. The third-order valence-corrected chi connectivity index (χ3v) is 2.52. The average Bonchev–Trinajstić information content (AvgIpc) is 2.45. The zero-order chi connectivity index (χ0) is 14.5. The van der Waals surface area contributed by atoms with Crippen molar-refractivity contribution in [3.63, 3.8) is 0 Å². The summed E-state index contributed by atoms with van der Waals surface area (Å²) in [6, 6.07) is 6.92. The Labute approximate surface area is 114 Å². The molecule has 1 heterocycles. The van der Waals surface area contributed by atoms with Crippen molar-refractivity contribution >= 4 is 5.78 Å². The van der Waals surface area contributed by atoms with E-state index in [0.29, 0.717) is 5.69 Å². The normalized spacial score (nSPS) is 10.7. The molecule has 102 valence electrons. The topological polar surface area (TPSA) is 64.0 Å². The fourth-order valence-electron chi connectivity index (χ4n) is 1.58. The minimum absolute atomic E-state index is 0.219. The first-order chi connectivity index (χ1) is 9.61. The number of hydrogen-bond acceptors (Lipinski definition) is 4. The first-order valence-corrected chi connectivity index (χ1v) is 5.86. The summed E-state index contributed by atoms with van der Waals surface area (Å²) in [4.78, 5) is 23.4. The fourth-order valence-corrected chi connectivity index (χ4v) is 1.58. The molecule has 1 aromatic carbocycles. The van der Waals surface area contributed by atoms with Crippen LogP contribution < -0.4 is 10.7 Å². The van der Waals surface area contributed by atoms with Gasteiger partial charge in [0.2, 0.25) is 11.2 Å². The van der Waals surface area contributed by atoms with Crippen LogP contribution in [0.15, 0.2) is 53.6 Å². The predicted octanol–water partition coefficient (Wildman–Crippen LogP) is 1.29. The molecule has 0 saturated carbocycles. The molecule has 20 heavy (non-hydrogen) atoms. The highest BCUT2D eigenvalue weighted by Crippen LogP contribution is 2.07. The number of rotatable bonds is 4. The summed E-state index contributed by atoms with van der Waals surface area (Å²) in [7, 11) is 1.63. The molecule has 5 nitrogen and oxygen atoms in total. The Morgan fingerprint density at radius 2 is 2.20 bits per heavy atom. The summed E-state index contributed by atoms with van der Waals surface area (Å²) in [5, 5.41) is 6.60. The van der Waals surface area contributed by atoms with Gasteiger partial charge in [0.05, 0.1) is 5.69 Å². The summed E-state index contributed by atoms with van der Waals surface area (Å²) in [5.74, 6) is -0.943.